The van der Waals surface area contributed by atoms with E-state index in [4.69, 9.17) is 4.52 Å². The van der Waals surface area contributed by atoms with Crippen molar-refractivity contribution in [3.8, 4) is 0 Å². The van der Waals surface area contributed by atoms with E-state index in [-0.39, 0.29) is 11.4 Å². The minimum absolute atomic E-state index is 0.127. The van der Waals surface area contributed by atoms with Crippen LogP contribution in [0.15, 0.2) is 33.7 Å². The Labute approximate surface area is 119 Å². The summed E-state index contributed by atoms with van der Waals surface area (Å²) < 4.78 is 31.9. The van der Waals surface area contributed by atoms with Gasteiger partial charge in [0.2, 0.25) is 10.0 Å². The predicted molar refractivity (Wildman–Crippen MR) is 75.8 cm³/mol. The topological polar surface area (TPSA) is 72.2 Å². The van der Waals surface area contributed by atoms with Crippen LogP contribution in [-0.4, -0.2) is 13.6 Å². The van der Waals surface area contributed by atoms with Crippen molar-refractivity contribution in [2.45, 2.75) is 38.6 Å². The van der Waals surface area contributed by atoms with Gasteiger partial charge in [-0.15, -0.1) is 0 Å². The first kappa shape index (κ1) is 14.7. The maximum Gasteiger partial charge on any atom is 0.246 e. The molecule has 6 heteroatoms. The van der Waals surface area contributed by atoms with Gasteiger partial charge in [-0.05, 0) is 31.4 Å². The van der Waals surface area contributed by atoms with E-state index in [0.717, 1.165) is 12.0 Å². The van der Waals surface area contributed by atoms with Crippen LogP contribution in [0.25, 0.3) is 0 Å². The van der Waals surface area contributed by atoms with Gasteiger partial charge in [0.1, 0.15) is 10.6 Å². The maximum atomic E-state index is 12.2. The van der Waals surface area contributed by atoms with Crippen molar-refractivity contribution < 1.29 is 12.9 Å². The molecular formula is C14H18N2O3S. The average molecular weight is 294 g/mol. The summed E-state index contributed by atoms with van der Waals surface area (Å²) in [7, 11) is -3.60. The third kappa shape index (κ3) is 3.08. The molecule has 0 saturated heterocycles. The molecule has 0 atom stereocenters. The van der Waals surface area contributed by atoms with Crippen molar-refractivity contribution >= 4 is 10.0 Å². The van der Waals surface area contributed by atoms with Crippen LogP contribution < -0.4 is 4.72 Å². The second-order valence-corrected chi connectivity index (χ2v) is 6.35. The van der Waals surface area contributed by atoms with Gasteiger partial charge < -0.3 is 4.52 Å². The lowest BCUT2D eigenvalue weighted by atomic mass is 10.1. The quantitative estimate of drug-likeness (QED) is 0.918. The first-order valence-corrected chi connectivity index (χ1v) is 7.92. The molecule has 0 aliphatic rings. The van der Waals surface area contributed by atoms with Gasteiger partial charge in [0.25, 0.3) is 0 Å². The summed E-state index contributed by atoms with van der Waals surface area (Å²) >= 11 is 0. The highest BCUT2D eigenvalue weighted by molar-refractivity contribution is 7.89. The number of hydrogen-bond donors (Lipinski definition) is 1. The zero-order valence-electron chi connectivity index (χ0n) is 11.8. The molecule has 5 nitrogen and oxygen atoms in total. The summed E-state index contributed by atoms with van der Waals surface area (Å²) in [5.41, 5.74) is 2.51. The Morgan fingerprint density at radius 3 is 2.25 bits per heavy atom. The second-order valence-electron chi connectivity index (χ2n) is 4.65. The lowest BCUT2D eigenvalue weighted by molar-refractivity contribution is 0.390. The van der Waals surface area contributed by atoms with E-state index in [2.05, 4.69) is 16.8 Å². The summed E-state index contributed by atoms with van der Waals surface area (Å²) in [5, 5.41) is 3.67. The van der Waals surface area contributed by atoms with Crippen molar-refractivity contribution in [2.75, 3.05) is 0 Å². The molecule has 2 rings (SSSR count). The zero-order chi connectivity index (χ0) is 14.8. The van der Waals surface area contributed by atoms with Gasteiger partial charge >= 0.3 is 0 Å². The monoisotopic (exact) mass is 294 g/mol. The number of aryl methyl sites for hydroxylation is 3. The molecule has 2 aromatic rings. The fourth-order valence-corrected chi connectivity index (χ4v) is 3.34. The molecule has 0 saturated carbocycles. The number of benzene rings is 1. The van der Waals surface area contributed by atoms with Gasteiger partial charge in [-0.2, -0.15) is 0 Å². The van der Waals surface area contributed by atoms with Crippen LogP contribution in [0.5, 0.6) is 0 Å². The Morgan fingerprint density at radius 1 is 1.15 bits per heavy atom. The van der Waals surface area contributed by atoms with E-state index in [0.29, 0.717) is 11.5 Å². The van der Waals surface area contributed by atoms with Gasteiger partial charge in [-0.25, -0.2) is 13.1 Å². The number of nitrogens with zero attached hydrogens (tertiary/aromatic N) is 1. The fourth-order valence-electron chi connectivity index (χ4n) is 2.00. The lowest BCUT2D eigenvalue weighted by Crippen LogP contribution is -2.24. The normalized spacial score (nSPS) is 11.8. The van der Waals surface area contributed by atoms with Crippen LogP contribution in [0.1, 0.15) is 29.5 Å². The molecule has 0 radical (unpaired) electrons. The van der Waals surface area contributed by atoms with Crippen molar-refractivity contribution in [3.63, 3.8) is 0 Å². The minimum Gasteiger partial charge on any atom is -0.360 e. The van der Waals surface area contributed by atoms with Crippen LogP contribution in [0.4, 0.5) is 0 Å². The molecule has 0 spiro atoms. The molecule has 0 bridgehead atoms. The third-order valence-corrected chi connectivity index (χ3v) is 4.78. The first-order chi connectivity index (χ1) is 9.44. The van der Waals surface area contributed by atoms with Crippen LogP contribution >= 0.6 is 0 Å². The highest BCUT2D eigenvalue weighted by Crippen LogP contribution is 2.18. The number of rotatable bonds is 5. The SMILES string of the molecule is CCc1ccc(CNS(=O)(=O)c2c(C)noc2C)cc1. The summed E-state index contributed by atoms with van der Waals surface area (Å²) in [6.45, 7) is 5.53. The first-order valence-electron chi connectivity index (χ1n) is 6.44. The van der Waals surface area contributed by atoms with Crippen molar-refractivity contribution in [2.24, 2.45) is 0 Å². The molecular weight excluding hydrogens is 276 g/mol. The Balaban J connectivity index is 2.13. The van der Waals surface area contributed by atoms with Gasteiger partial charge in [-0.3, -0.25) is 0 Å². The number of hydrogen-bond acceptors (Lipinski definition) is 4. The Morgan fingerprint density at radius 2 is 1.75 bits per heavy atom. The van der Waals surface area contributed by atoms with Crippen LogP contribution in [0.3, 0.4) is 0 Å². The molecule has 0 aliphatic heterocycles. The molecule has 1 heterocycles. The number of sulfonamides is 1. The zero-order valence-corrected chi connectivity index (χ0v) is 12.6. The van der Waals surface area contributed by atoms with E-state index in [1.165, 1.54) is 5.56 Å². The summed E-state index contributed by atoms with van der Waals surface area (Å²) in [6.07, 6.45) is 0.963. The second kappa shape index (κ2) is 5.76. The minimum atomic E-state index is -3.60. The van der Waals surface area contributed by atoms with Gasteiger partial charge in [0.05, 0.1) is 0 Å². The van der Waals surface area contributed by atoms with E-state index < -0.39 is 10.0 Å². The highest BCUT2D eigenvalue weighted by atomic mass is 32.2. The van der Waals surface area contributed by atoms with E-state index in [1.807, 2.05) is 24.3 Å². The molecule has 20 heavy (non-hydrogen) atoms. The van der Waals surface area contributed by atoms with E-state index in [1.54, 1.807) is 13.8 Å². The average Bonchev–Trinajstić information content (AvgIpc) is 2.77. The highest BCUT2D eigenvalue weighted by Gasteiger charge is 2.23. The predicted octanol–water partition coefficient (Wildman–Crippen LogP) is 2.33. The molecule has 1 N–H and O–H groups in total. The van der Waals surface area contributed by atoms with Gasteiger partial charge in [0.15, 0.2) is 5.76 Å². The van der Waals surface area contributed by atoms with Crippen molar-refractivity contribution in [1.82, 2.24) is 9.88 Å². The largest absolute Gasteiger partial charge is 0.360 e. The maximum absolute atomic E-state index is 12.2. The molecule has 0 amide bonds. The van der Waals surface area contributed by atoms with E-state index >= 15 is 0 Å². The molecule has 1 aromatic heterocycles. The molecule has 0 aliphatic carbocycles. The third-order valence-electron chi connectivity index (χ3n) is 3.13. The van der Waals surface area contributed by atoms with Crippen molar-refractivity contribution in [1.29, 1.82) is 0 Å². The number of aromatic nitrogens is 1. The Bertz CT molecular complexity index is 668. The molecule has 1 aromatic carbocycles. The summed E-state index contributed by atoms with van der Waals surface area (Å²) in [5.74, 6) is 0.302. The van der Waals surface area contributed by atoms with Crippen LogP contribution in [0.2, 0.25) is 0 Å². The lowest BCUT2D eigenvalue weighted by Gasteiger charge is -2.07. The standard InChI is InChI=1S/C14H18N2O3S/c1-4-12-5-7-13(8-6-12)9-15-20(17,18)14-10(2)16-19-11(14)3/h5-8,15H,4,9H2,1-3H3. The van der Waals surface area contributed by atoms with Crippen LogP contribution in [0, 0.1) is 13.8 Å². The van der Waals surface area contributed by atoms with Gasteiger partial charge in [0, 0.05) is 6.54 Å². The molecule has 108 valence electrons. The van der Waals surface area contributed by atoms with Gasteiger partial charge in [-0.1, -0.05) is 36.3 Å². The van der Waals surface area contributed by atoms with Crippen LogP contribution in [-0.2, 0) is 23.0 Å². The van der Waals surface area contributed by atoms with Crippen molar-refractivity contribution in [3.05, 3.63) is 46.8 Å². The fraction of sp³-hybridized carbons (Fsp3) is 0.357. The number of nitrogens with one attached hydrogen (secondary N) is 1. The summed E-state index contributed by atoms with van der Waals surface area (Å²) in [4.78, 5) is 0.127. The molecule has 0 unspecified atom stereocenters. The molecule has 0 fully saturated rings. The smallest absolute Gasteiger partial charge is 0.246 e. The van der Waals surface area contributed by atoms with E-state index in [9.17, 15) is 8.42 Å². The Kier molecular flexibility index (Phi) is 4.25. The summed E-state index contributed by atoms with van der Waals surface area (Å²) in [6, 6.07) is 7.85. The Hall–Kier alpha value is -1.66.